The van der Waals surface area contributed by atoms with Crippen molar-refractivity contribution < 1.29 is 4.79 Å². The highest BCUT2D eigenvalue weighted by molar-refractivity contribution is 7.98. The number of carbonyl (C=O) groups excluding carboxylic acids is 1. The van der Waals surface area contributed by atoms with E-state index in [9.17, 15) is 4.79 Å². The van der Waals surface area contributed by atoms with Crippen molar-refractivity contribution in [2.75, 3.05) is 25.7 Å². The molecule has 0 spiro atoms. The van der Waals surface area contributed by atoms with E-state index in [-0.39, 0.29) is 11.9 Å². The predicted octanol–water partition coefficient (Wildman–Crippen LogP) is 2.30. The van der Waals surface area contributed by atoms with Crippen LogP contribution in [0, 0.1) is 0 Å². The van der Waals surface area contributed by atoms with E-state index in [1.165, 1.54) is 0 Å². The molecule has 88 valence electrons. The third-order valence-electron chi connectivity index (χ3n) is 2.29. The van der Waals surface area contributed by atoms with Crippen LogP contribution in [0.3, 0.4) is 0 Å². The summed E-state index contributed by atoms with van der Waals surface area (Å²) in [4.78, 5) is 14.5. The van der Waals surface area contributed by atoms with Crippen molar-refractivity contribution in [1.29, 1.82) is 0 Å². The Hall–Kier alpha value is -1.16. The molecule has 1 N–H and O–H groups in total. The molecule has 16 heavy (non-hydrogen) atoms. The molecule has 1 aromatic rings. The van der Waals surface area contributed by atoms with Gasteiger partial charge in [-0.05, 0) is 25.3 Å². The molecular weight excluding hydrogens is 220 g/mol. The van der Waals surface area contributed by atoms with Crippen LogP contribution >= 0.6 is 11.8 Å². The van der Waals surface area contributed by atoms with Crippen LogP contribution in [-0.4, -0.2) is 37.2 Å². The zero-order chi connectivity index (χ0) is 12.1. The van der Waals surface area contributed by atoms with E-state index in [0.717, 1.165) is 10.6 Å². The Kier molecular flexibility index (Phi) is 4.68. The van der Waals surface area contributed by atoms with Crippen molar-refractivity contribution in [1.82, 2.24) is 4.90 Å². The monoisotopic (exact) mass is 238 g/mol. The highest BCUT2D eigenvalue weighted by Crippen LogP contribution is 2.25. The van der Waals surface area contributed by atoms with Gasteiger partial charge in [0.15, 0.2) is 0 Å². The summed E-state index contributed by atoms with van der Waals surface area (Å²) in [5.74, 6) is 0.0795. The Balaban J connectivity index is 2.76. The maximum Gasteiger partial charge on any atom is 0.244 e. The van der Waals surface area contributed by atoms with E-state index >= 15 is 0 Å². The number of thioether (sulfide) groups is 1. The topological polar surface area (TPSA) is 32.3 Å². The molecule has 0 aliphatic rings. The second kappa shape index (κ2) is 5.80. The molecule has 1 amide bonds. The number of nitrogens with one attached hydrogen (secondary N) is 1. The quantitative estimate of drug-likeness (QED) is 0.817. The smallest absolute Gasteiger partial charge is 0.244 e. The molecule has 1 rings (SSSR count). The highest BCUT2D eigenvalue weighted by atomic mass is 32.2. The Bertz CT molecular complexity index is 366. The number of amides is 1. The molecule has 0 aliphatic heterocycles. The van der Waals surface area contributed by atoms with Crippen molar-refractivity contribution in [2.45, 2.75) is 17.9 Å². The summed E-state index contributed by atoms with van der Waals surface area (Å²) in [6.45, 7) is 1.87. The molecule has 1 atom stereocenters. The van der Waals surface area contributed by atoms with Gasteiger partial charge in [0.1, 0.15) is 6.04 Å². The molecule has 0 saturated carbocycles. The van der Waals surface area contributed by atoms with Crippen LogP contribution in [0.4, 0.5) is 5.69 Å². The molecule has 0 heterocycles. The SMILES string of the molecule is CSc1ccccc1NC(C)C(=O)N(C)C. The van der Waals surface area contributed by atoms with E-state index in [1.54, 1.807) is 30.8 Å². The second-order valence-electron chi connectivity index (χ2n) is 3.80. The van der Waals surface area contributed by atoms with E-state index in [0.29, 0.717) is 0 Å². The molecular formula is C12H18N2OS. The van der Waals surface area contributed by atoms with Gasteiger partial charge < -0.3 is 10.2 Å². The molecule has 0 aliphatic carbocycles. The Labute approximate surface area is 101 Å². The van der Waals surface area contributed by atoms with E-state index in [2.05, 4.69) is 5.32 Å². The lowest BCUT2D eigenvalue weighted by molar-refractivity contribution is -0.129. The van der Waals surface area contributed by atoms with E-state index < -0.39 is 0 Å². The average molecular weight is 238 g/mol. The number of rotatable bonds is 4. The van der Waals surface area contributed by atoms with Gasteiger partial charge in [-0.1, -0.05) is 12.1 Å². The normalized spacial score (nSPS) is 12.0. The number of anilines is 1. The van der Waals surface area contributed by atoms with Gasteiger partial charge in [0.05, 0.1) is 0 Å². The first-order valence-corrected chi connectivity index (χ1v) is 6.39. The number of carbonyl (C=O) groups is 1. The zero-order valence-corrected chi connectivity index (χ0v) is 11.0. The summed E-state index contributed by atoms with van der Waals surface area (Å²) in [7, 11) is 3.53. The number of nitrogens with zero attached hydrogens (tertiary/aromatic N) is 1. The van der Waals surface area contributed by atoms with Crippen LogP contribution in [0.15, 0.2) is 29.2 Å². The van der Waals surface area contributed by atoms with Crippen LogP contribution in [0.2, 0.25) is 0 Å². The highest BCUT2D eigenvalue weighted by Gasteiger charge is 2.15. The number of para-hydroxylation sites is 1. The standard InChI is InChI=1S/C12H18N2OS/c1-9(12(15)14(2)3)13-10-7-5-6-8-11(10)16-4/h5-9,13H,1-4H3. The van der Waals surface area contributed by atoms with E-state index in [1.807, 2.05) is 37.4 Å². The van der Waals surface area contributed by atoms with E-state index in [4.69, 9.17) is 0 Å². The molecule has 0 bridgehead atoms. The minimum absolute atomic E-state index is 0.0795. The van der Waals surface area contributed by atoms with Gasteiger partial charge in [-0.3, -0.25) is 4.79 Å². The third kappa shape index (κ3) is 3.17. The molecule has 1 aromatic carbocycles. The van der Waals surface area contributed by atoms with Gasteiger partial charge >= 0.3 is 0 Å². The number of hydrogen-bond donors (Lipinski definition) is 1. The lowest BCUT2D eigenvalue weighted by Crippen LogP contribution is -2.36. The molecule has 3 nitrogen and oxygen atoms in total. The van der Waals surface area contributed by atoms with Crippen molar-refractivity contribution in [2.24, 2.45) is 0 Å². The summed E-state index contributed by atoms with van der Waals surface area (Å²) < 4.78 is 0. The van der Waals surface area contributed by atoms with Gasteiger partial charge in [-0.15, -0.1) is 11.8 Å². The largest absolute Gasteiger partial charge is 0.373 e. The summed E-state index contributed by atoms with van der Waals surface area (Å²) in [6.07, 6.45) is 2.03. The fourth-order valence-electron chi connectivity index (χ4n) is 1.45. The summed E-state index contributed by atoms with van der Waals surface area (Å²) in [6, 6.07) is 7.79. The van der Waals surface area contributed by atoms with Crippen molar-refractivity contribution in [3.05, 3.63) is 24.3 Å². The molecule has 0 saturated heterocycles. The first-order chi connectivity index (χ1) is 7.56. The van der Waals surface area contributed by atoms with Crippen LogP contribution in [0.5, 0.6) is 0 Å². The Morgan fingerprint density at radius 1 is 1.38 bits per heavy atom. The average Bonchev–Trinajstić information content (AvgIpc) is 2.28. The minimum Gasteiger partial charge on any atom is -0.373 e. The third-order valence-corrected chi connectivity index (χ3v) is 3.09. The van der Waals surface area contributed by atoms with Crippen LogP contribution in [0.25, 0.3) is 0 Å². The molecule has 0 radical (unpaired) electrons. The summed E-state index contributed by atoms with van der Waals surface area (Å²) in [5, 5.41) is 3.23. The first-order valence-electron chi connectivity index (χ1n) is 5.17. The van der Waals surface area contributed by atoms with Gasteiger partial charge in [0, 0.05) is 24.7 Å². The van der Waals surface area contributed by atoms with Gasteiger partial charge in [-0.25, -0.2) is 0 Å². The van der Waals surface area contributed by atoms with Gasteiger partial charge in [0.25, 0.3) is 0 Å². The zero-order valence-electron chi connectivity index (χ0n) is 10.2. The minimum atomic E-state index is -0.205. The molecule has 1 unspecified atom stereocenters. The van der Waals surface area contributed by atoms with Crippen molar-refractivity contribution in [3.8, 4) is 0 Å². The predicted molar refractivity (Wildman–Crippen MR) is 70.0 cm³/mol. The molecule has 0 fully saturated rings. The Morgan fingerprint density at radius 2 is 2.00 bits per heavy atom. The lowest BCUT2D eigenvalue weighted by atomic mass is 10.2. The summed E-state index contributed by atoms with van der Waals surface area (Å²) in [5.41, 5.74) is 1.01. The summed E-state index contributed by atoms with van der Waals surface area (Å²) >= 11 is 1.67. The fourth-order valence-corrected chi connectivity index (χ4v) is 2.01. The number of hydrogen-bond acceptors (Lipinski definition) is 3. The van der Waals surface area contributed by atoms with Gasteiger partial charge in [0.2, 0.25) is 5.91 Å². The van der Waals surface area contributed by atoms with Crippen molar-refractivity contribution in [3.63, 3.8) is 0 Å². The number of likely N-dealkylation sites (N-methyl/N-ethyl adjacent to an activating group) is 1. The van der Waals surface area contributed by atoms with Crippen LogP contribution in [-0.2, 0) is 4.79 Å². The molecule has 0 aromatic heterocycles. The Morgan fingerprint density at radius 3 is 2.56 bits per heavy atom. The van der Waals surface area contributed by atoms with Crippen LogP contribution < -0.4 is 5.32 Å². The fraction of sp³-hybridized carbons (Fsp3) is 0.417. The first kappa shape index (κ1) is 12.9. The van der Waals surface area contributed by atoms with Crippen molar-refractivity contribution >= 4 is 23.4 Å². The van der Waals surface area contributed by atoms with Crippen LogP contribution in [0.1, 0.15) is 6.92 Å². The molecule has 4 heteroatoms. The lowest BCUT2D eigenvalue weighted by Gasteiger charge is -2.20. The van der Waals surface area contributed by atoms with Gasteiger partial charge in [-0.2, -0.15) is 0 Å². The maximum atomic E-state index is 11.7. The second-order valence-corrected chi connectivity index (χ2v) is 4.65. The number of benzene rings is 1. The maximum absolute atomic E-state index is 11.7.